The predicted molar refractivity (Wildman–Crippen MR) is 70.4 cm³/mol. The Bertz CT molecular complexity index is 421. The molecule has 16 heavy (non-hydrogen) atoms. The van der Waals surface area contributed by atoms with Gasteiger partial charge >= 0.3 is 0 Å². The van der Waals surface area contributed by atoms with Crippen molar-refractivity contribution in [2.45, 2.75) is 13.3 Å². The van der Waals surface area contributed by atoms with E-state index in [0.29, 0.717) is 17.4 Å². The number of carbonyl (C=O) groups is 1. The van der Waals surface area contributed by atoms with E-state index < -0.39 is 0 Å². The number of aryl methyl sites for hydroxylation is 1. The predicted octanol–water partition coefficient (Wildman–Crippen LogP) is 3.40. The zero-order valence-electron chi connectivity index (χ0n) is 9.04. The van der Waals surface area contributed by atoms with Crippen molar-refractivity contribution in [1.29, 1.82) is 0 Å². The fraction of sp³-hybridized carbons (Fsp3) is 0.417. The number of hydrogen-bond acceptors (Lipinski definition) is 1. The van der Waals surface area contributed by atoms with Gasteiger partial charge in [-0.25, -0.2) is 0 Å². The summed E-state index contributed by atoms with van der Waals surface area (Å²) in [6, 6.07) is 5.80. The molecule has 1 aliphatic rings. The van der Waals surface area contributed by atoms with Crippen LogP contribution < -0.4 is 4.90 Å². The highest BCUT2D eigenvalue weighted by Gasteiger charge is 2.30. The van der Waals surface area contributed by atoms with E-state index in [9.17, 15) is 4.79 Å². The van der Waals surface area contributed by atoms with Gasteiger partial charge in [0.15, 0.2) is 0 Å². The van der Waals surface area contributed by atoms with Crippen molar-refractivity contribution in [3.63, 3.8) is 0 Å². The van der Waals surface area contributed by atoms with Gasteiger partial charge in [-0.1, -0.05) is 39.7 Å². The van der Waals surface area contributed by atoms with Crippen LogP contribution in [0.3, 0.4) is 0 Å². The molecule has 1 fully saturated rings. The summed E-state index contributed by atoms with van der Waals surface area (Å²) in [6.07, 6.45) is 0.607. The normalized spacial score (nSPS) is 20.6. The van der Waals surface area contributed by atoms with Gasteiger partial charge in [0, 0.05) is 18.3 Å². The number of rotatable bonds is 2. The minimum Gasteiger partial charge on any atom is -0.311 e. The first kappa shape index (κ1) is 11.9. The van der Waals surface area contributed by atoms with Crippen LogP contribution in [0.5, 0.6) is 0 Å². The van der Waals surface area contributed by atoms with Crippen LogP contribution in [0.25, 0.3) is 0 Å². The number of alkyl halides is 1. The van der Waals surface area contributed by atoms with Crippen LogP contribution in [0.15, 0.2) is 18.2 Å². The second kappa shape index (κ2) is 4.76. The lowest BCUT2D eigenvalue weighted by atomic mass is 10.1. The zero-order valence-corrected chi connectivity index (χ0v) is 11.4. The van der Waals surface area contributed by atoms with Crippen LogP contribution in [0.2, 0.25) is 5.02 Å². The number of amides is 1. The third-order valence-electron chi connectivity index (χ3n) is 2.89. The molecular formula is C12H13BrClNO. The summed E-state index contributed by atoms with van der Waals surface area (Å²) in [5.41, 5.74) is 1.85. The lowest BCUT2D eigenvalue weighted by Gasteiger charge is -2.18. The van der Waals surface area contributed by atoms with Gasteiger partial charge in [0.05, 0.1) is 10.7 Å². The Morgan fingerprint density at radius 2 is 2.31 bits per heavy atom. The molecule has 1 aromatic carbocycles. The summed E-state index contributed by atoms with van der Waals surface area (Å²) >= 11 is 9.65. The summed E-state index contributed by atoms with van der Waals surface area (Å²) in [7, 11) is 0. The summed E-state index contributed by atoms with van der Waals surface area (Å²) in [5, 5.41) is 1.55. The maximum absolute atomic E-state index is 11.9. The number of halogens is 2. The van der Waals surface area contributed by atoms with Crippen molar-refractivity contribution in [3.8, 4) is 0 Å². The standard InChI is InChI=1S/C12H13BrClNO/c1-8-3-2-4-10(12(8)14)15-7-9(6-13)5-11(15)16/h2-4,9H,5-7H2,1H3. The molecule has 0 saturated carbocycles. The van der Waals surface area contributed by atoms with Crippen molar-refractivity contribution in [2.75, 3.05) is 16.8 Å². The monoisotopic (exact) mass is 301 g/mol. The molecular weight excluding hydrogens is 289 g/mol. The highest BCUT2D eigenvalue weighted by atomic mass is 79.9. The molecule has 0 aromatic heterocycles. The van der Waals surface area contributed by atoms with Gasteiger partial charge in [-0.2, -0.15) is 0 Å². The van der Waals surface area contributed by atoms with Gasteiger partial charge in [-0.3, -0.25) is 4.79 Å². The second-order valence-corrected chi connectivity index (χ2v) is 5.16. The van der Waals surface area contributed by atoms with Crippen LogP contribution >= 0.6 is 27.5 Å². The molecule has 1 atom stereocenters. The maximum Gasteiger partial charge on any atom is 0.227 e. The fourth-order valence-electron chi connectivity index (χ4n) is 1.96. The van der Waals surface area contributed by atoms with E-state index in [-0.39, 0.29) is 5.91 Å². The van der Waals surface area contributed by atoms with E-state index in [4.69, 9.17) is 11.6 Å². The van der Waals surface area contributed by atoms with Gasteiger partial charge in [-0.15, -0.1) is 0 Å². The van der Waals surface area contributed by atoms with E-state index >= 15 is 0 Å². The third-order valence-corrected chi connectivity index (χ3v) is 4.29. The number of hydrogen-bond donors (Lipinski definition) is 0. The lowest BCUT2D eigenvalue weighted by molar-refractivity contribution is -0.117. The Labute approximate surface area is 109 Å². The van der Waals surface area contributed by atoms with E-state index in [1.54, 1.807) is 4.90 Å². The Balaban J connectivity index is 2.31. The molecule has 86 valence electrons. The first-order valence-electron chi connectivity index (χ1n) is 5.25. The van der Waals surface area contributed by atoms with Gasteiger partial charge < -0.3 is 4.90 Å². The molecule has 1 saturated heterocycles. The van der Waals surface area contributed by atoms with Crippen molar-refractivity contribution >= 4 is 39.1 Å². The molecule has 0 N–H and O–H groups in total. The van der Waals surface area contributed by atoms with Gasteiger partial charge in [0.2, 0.25) is 5.91 Å². The van der Waals surface area contributed by atoms with E-state index in [0.717, 1.165) is 23.1 Å². The van der Waals surface area contributed by atoms with Gasteiger partial charge in [0.1, 0.15) is 0 Å². The zero-order chi connectivity index (χ0) is 11.7. The SMILES string of the molecule is Cc1cccc(N2CC(CBr)CC2=O)c1Cl. The molecule has 0 bridgehead atoms. The molecule has 0 spiro atoms. The number of carbonyl (C=O) groups excluding carboxylic acids is 1. The van der Waals surface area contributed by atoms with Crippen LogP contribution in [0.4, 0.5) is 5.69 Å². The molecule has 1 unspecified atom stereocenters. The first-order chi connectivity index (χ1) is 7.63. The number of nitrogens with zero attached hydrogens (tertiary/aromatic N) is 1. The molecule has 0 radical (unpaired) electrons. The first-order valence-corrected chi connectivity index (χ1v) is 6.75. The minimum atomic E-state index is 0.164. The highest BCUT2D eigenvalue weighted by Crippen LogP contribution is 2.33. The van der Waals surface area contributed by atoms with Crippen molar-refractivity contribution in [2.24, 2.45) is 5.92 Å². The molecule has 1 amide bonds. The molecule has 4 heteroatoms. The summed E-state index contributed by atoms with van der Waals surface area (Å²) < 4.78 is 0. The van der Waals surface area contributed by atoms with Crippen molar-refractivity contribution in [1.82, 2.24) is 0 Å². The van der Waals surface area contributed by atoms with Crippen molar-refractivity contribution < 1.29 is 4.79 Å². The summed E-state index contributed by atoms with van der Waals surface area (Å²) in [5.74, 6) is 0.557. The number of benzene rings is 1. The highest BCUT2D eigenvalue weighted by molar-refractivity contribution is 9.09. The van der Waals surface area contributed by atoms with E-state index in [1.165, 1.54) is 0 Å². The largest absolute Gasteiger partial charge is 0.311 e. The summed E-state index contributed by atoms with van der Waals surface area (Å²) in [4.78, 5) is 13.6. The van der Waals surface area contributed by atoms with Gasteiger partial charge in [0.25, 0.3) is 0 Å². The molecule has 1 heterocycles. The Kier molecular flexibility index (Phi) is 3.55. The molecule has 2 nitrogen and oxygen atoms in total. The molecule has 1 aromatic rings. The van der Waals surface area contributed by atoms with E-state index in [2.05, 4.69) is 15.9 Å². The Morgan fingerprint density at radius 3 is 2.94 bits per heavy atom. The fourth-order valence-corrected chi connectivity index (χ4v) is 2.62. The molecule has 0 aliphatic carbocycles. The lowest BCUT2D eigenvalue weighted by Crippen LogP contribution is -2.25. The minimum absolute atomic E-state index is 0.164. The number of anilines is 1. The third kappa shape index (κ3) is 2.11. The molecule has 1 aliphatic heterocycles. The average Bonchev–Trinajstić information content (AvgIpc) is 2.64. The smallest absolute Gasteiger partial charge is 0.227 e. The van der Waals surface area contributed by atoms with Crippen LogP contribution in [-0.2, 0) is 4.79 Å². The molecule has 2 rings (SSSR count). The topological polar surface area (TPSA) is 20.3 Å². The van der Waals surface area contributed by atoms with Crippen molar-refractivity contribution in [3.05, 3.63) is 28.8 Å². The van der Waals surface area contributed by atoms with Crippen LogP contribution in [-0.4, -0.2) is 17.8 Å². The Hall–Kier alpha value is -0.540. The van der Waals surface area contributed by atoms with Crippen LogP contribution in [0.1, 0.15) is 12.0 Å². The Morgan fingerprint density at radius 1 is 1.56 bits per heavy atom. The maximum atomic E-state index is 11.9. The second-order valence-electron chi connectivity index (χ2n) is 4.14. The average molecular weight is 303 g/mol. The quantitative estimate of drug-likeness (QED) is 0.767. The van der Waals surface area contributed by atoms with Gasteiger partial charge in [-0.05, 0) is 24.5 Å². The van der Waals surface area contributed by atoms with Crippen LogP contribution in [0, 0.1) is 12.8 Å². The van der Waals surface area contributed by atoms with E-state index in [1.807, 2.05) is 25.1 Å². The summed E-state index contributed by atoms with van der Waals surface area (Å²) in [6.45, 7) is 2.71.